The van der Waals surface area contributed by atoms with Crippen molar-refractivity contribution in [1.29, 1.82) is 0 Å². The number of aliphatic hydroxyl groups excluding tert-OH is 1. The number of hydrogen-bond acceptors (Lipinski definition) is 5. The fraction of sp³-hybridized carbons (Fsp3) is 0.294. The smallest absolute Gasteiger partial charge is 0.142 e. The lowest BCUT2D eigenvalue weighted by Gasteiger charge is -2.26. The van der Waals surface area contributed by atoms with Gasteiger partial charge in [0.1, 0.15) is 18.5 Å². The lowest BCUT2D eigenvalue weighted by atomic mass is 10.2. The van der Waals surface area contributed by atoms with E-state index in [-0.39, 0.29) is 43.8 Å². The molecule has 5 nitrogen and oxygen atoms in total. The van der Waals surface area contributed by atoms with E-state index >= 15 is 0 Å². The first-order valence-corrected chi connectivity index (χ1v) is 7.36. The van der Waals surface area contributed by atoms with Gasteiger partial charge in [0.2, 0.25) is 0 Å². The minimum Gasteiger partial charge on any atom is -0.489 e. The number of aliphatic hydroxyl groups is 1. The molecule has 25 heavy (non-hydrogen) atoms. The average molecular weight is 411 g/mol. The summed E-state index contributed by atoms with van der Waals surface area (Å²) in [6.07, 6.45) is -0.614. The van der Waals surface area contributed by atoms with Gasteiger partial charge in [-0.25, -0.2) is 0 Å². The number of benzene rings is 2. The van der Waals surface area contributed by atoms with Crippen LogP contribution in [0.1, 0.15) is 6.92 Å². The van der Waals surface area contributed by atoms with Gasteiger partial charge in [0.25, 0.3) is 0 Å². The molecule has 0 spiro atoms. The number of anilines is 3. The molecule has 2 aromatic rings. The van der Waals surface area contributed by atoms with Gasteiger partial charge < -0.3 is 26.2 Å². The molecular weight excluding hydrogens is 385 g/mol. The zero-order valence-corrected chi connectivity index (χ0v) is 16.4. The third-order valence-corrected chi connectivity index (χ3v) is 3.40. The predicted molar refractivity (Wildman–Crippen MR) is 113 cm³/mol. The lowest BCUT2D eigenvalue weighted by molar-refractivity contribution is 0.113. The van der Waals surface area contributed by atoms with Crippen LogP contribution in [0.3, 0.4) is 0 Å². The number of nitrogens with two attached hydrogens (primary N) is 2. The summed E-state index contributed by atoms with van der Waals surface area (Å²) < 4.78 is 5.58. The summed E-state index contributed by atoms with van der Waals surface area (Å²) in [7, 11) is 0. The molecule has 142 valence electrons. The zero-order valence-electron chi connectivity index (χ0n) is 14.0. The molecule has 1 atom stereocenters. The Hall–Kier alpha value is -1.53. The van der Waals surface area contributed by atoms with Crippen LogP contribution in [0.15, 0.2) is 48.5 Å². The van der Waals surface area contributed by atoms with E-state index in [2.05, 4.69) is 11.8 Å². The second-order valence-corrected chi connectivity index (χ2v) is 5.14. The minimum atomic E-state index is -0.614. The number of rotatable bonds is 7. The maximum atomic E-state index is 10.2. The predicted octanol–water partition coefficient (Wildman–Crippen LogP) is 3.38. The Balaban J connectivity index is 0. The van der Waals surface area contributed by atoms with E-state index < -0.39 is 6.10 Å². The molecule has 0 amide bonds. The van der Waals surface area contributed by atoms with Gasteiger partial charge in [-0.2, -0.15) is 0 Å². The van der Waals surface area contributed by atoms with Gasteiger partial charge in [-0.1, -0.05) is 18.2 Å². The number of ether oxygens (including phenoxy) is 1. The SMILES string of the molecule is CCN(CC(O)COc1ccc(N)cc1N)c1ccccc1.Cl.Cl.Cl. The van der Waals surface area contributed by atoms with E-state index in [4.69, 9.17) is 16.2 Å². The standard InChI is InChI=1S/C17H23N3O2.3ClH/c1-2-20(14-6-4-3-5-7-14)11-15(21)12-22-17-9-8-13(18)10-16(17)19;;;/h3-10,15,21H,2,11-12,18-19H2,1H3;3*1H. The van der Waals surface area contributed by atoms with E-state index in [1.807, 2.05) is 30.3 Å². The number of halogens is 3. The van der Waals surface area contributed by atoms with Crippen molar-refractivity contribution in [2.75, 3.05) is 36.1 Å². The molecule has 2 aromatic carbocycles. The summed E-state index contributed by atoms with van der Waals surface area (Å²) >= 11 is 0. The van der Waals surface area contributed by atoms with Crippen molar-refractivity contribution >= 4 is 54.3 Å². The maximum absolute atomic E-state index is 10.2. The van der Waals surface area contributed by atoms with Crippen LogP contribution >= 0.6 is 37.2 Å². The molecule has 0 saturated carbocycles. The van der Waals surface area contributed by atoms with Gasteiger partial charge in [-0.3, -0.25) is 0 Å². The van der Waals surface area contributed by atoms with Crippen molar-refractivity contribution in [3.8, 4) is 5.75 Å². The largest absolute Gasteiger partial charge is 0.489 e. The molecule has 0 saturated heterocycles. The van der Waals surface area contributed by atoms with Crippen molar-refractivity contribution in [2.45, 2.75) is 13.0 Å². The Bertz CT molecular complexity index is 603. The molecular formula is C17H26Cl3N3O2. The van der Waals surface area contributed by atoms with Gasteiger partial charge in [0.15, 0.2) is 0 Å². The first kappa shape index (κ1) is 25.7. The van der Waals surface area contributed by atoms with Gasteiger partial charge >= 0.3 is 0 Å². The molecule has 0 radical (unpaired) electrons. The molecule has 0 aliphatic heterocycles. The Kier molecular flexibility index (Phi) is 13.1. The summed E-state index contributed by atoms with van der Waals surface area (Å²) in [4.78, 5) is 2.10. The van der Waals surface area contributed by atoms with Gasteiger partial charge in [0, 0.05) is 24.5 Å². The quantitative estimate of drug-likeness (QED) is 0.609. The number of nitrogen functional groups attached to an aromatic ring is 2. The van der Waals surface area contributed by atoms with Crippen LogP contribution < -0.4 is 21.1 Å². The minimum absolute atomic E-state index is 0. The Labute approximate surface area is 167 Å². The van der Waals surface area contributed by atoms with Crippen molar-refractivity contribution < 1.29 is 9.84 Å². The van der Waals surface area contributed by atoms with Crippen LogP contribution in [-0.2, 0) is 0 Å². The molecule has 5 N–H and O–H groups in total. The summed E-state index contributed by atoms with van der Waals surface area (Å²) in [6, 6.07) is 15.1. The van der Waals surface area contributed by atoms with Gasteiger partial charge in [-0.15, -0.1) is 37.2 Å². The van der Waals surface area contributed by atoms with Crippen LogP contribution in [-0.4, -0.2) is 30.9 Å². The fourth-order valence-corrected chi connectivity index (χ4v) is 2.25. The van der Waals surface area contributed by atoms with Gasteiger partial charge in [0.05, 0.1) is 5.69 Å². The fourth-order valence-electron chi connectivity index (χ4n) is 2.25. The molecule has 2 rings (SSSR count). The first-order chi connectivity index (χ1) is 10.6. The highest BCUT2D eigenvalue weighted by Crippen LogP contribution is 2.23. The maximum Gasteiger partial charge on any atom is 0.142 e. The molecule has 8 heteroatoms. The lowest BCUT2D eigenvalue weighted by Crippen LogP contribution is -2.35. The highest BCUT2D eigenvalue weighted by molar-refractivity contribution is 5.86. The second kappa shape index (κ2) is 12.8. The van der Waals surface area contributed by atoms with E-state index in [9.17, 15) is 5.11 Å². The molecule has 0 bridgehead atoms. The van der Waals surface area contributed by atoms with E-state index in [1.54, 1.807) is 18.2 Å². The number of para-hydroxylation sites is 1. The van der Waals surface area contributed by atoms with E-state index in [0.717, 1.165) is 12.2 Å². The van der Waals surface area contributed by atoms with E-state index in [1.165, 1.54) is 0 Å². The molecule has 0 aliphatic rings. The summed E-state index contributed by atoms with van der Waals surface area (Å²) in [5, 5.41) is 10.2. The van der Waals surface area contributed by atoms with Gasteiger partial charge in [-0.05, 0) is 37.3 Å². The zero-order chi connectivity index (χ0) is 15.9. The summed E-state index contributed by atoms with van der Waals surface area (Å²) in [5.74, 6) is 0.538. The molecule has 0 aromatic heterocycles. The van der Waals surface area contributed by atoms with Crippen LogP contribution in [0.25, 0.3) is 0 Å². The highest BCUT2D eigenvalue weighted by Gasteiger charge is 2.12. The summed E-state index contributed by atoms with van der Waals surface area (Å²) in [6.45, 7) is 3.54. The first-order valence-electron chi connectivity index (χ1n) is 7.36. The third-order valence-electron chi connectivity index (χ3n) is 3.40. The van der Waals surface area contributed by atoms with Crippen LogP contribution in [0.2, 0.25) is 0 Å². The Morgan fingerprint density at radius 2 is 1.68 bits per heavy atom. The van der Waals surface area contributed by atoms with Crippen LogP contribution in [0, 0.1) is 0 Å². The Morgan fingerprint density at radius 1 is 1.04 bits per heavy atom. The third kappa shape index (κ3) is 7.92. The number of nitrogens with zero attached hydrogens (tertiary/aromatic N) is 1. The highest BCUT2D eigenvalue weighted by atomic mass is 35.5. The topological polar surface area (TPSA) is 84.7 Å². The van der Waals surface area contributed by atoms with Crippen molar-refractivity contribution in [3.63, 3.8) is 0 Å². The number of likely N-dealkylation sites (N-methyl/N-ethyl adjacent to an activating group) is 1. The van der Waals surface area contributed by atoms with Crippen molar-refractivity contribution in [1.82, 2.24) is 0 Å². The Morgan fingerprint density at radius 3 is 2.24 bits per heavy atom. The second-order valence-electron chi connectivity index (χ2n) is 5.14. The monoisotopic (exact) mass is 409 g/mol. The average Bonchev–Trinajstić information content (AvgIpc) is 2.52. The van der Waals surface area contributed by atoms with Crippen LogP contribution in [0.5, 0.6) is 5.75 Å². The molecule has 0 fully saturated rings. The molecule has 0 aliphatic carbocycles. The number of hydrogen-bond donors (Lipinski definition) is 3. The van der Waals surface area contributed by atoms with Crippen molar-refractivity contribution in [3.05, 3.63) is 48.5 Å². The van der Waals surface area contributed by atoms with E-state index in [0.29, 0.717) is 23.7 Å². The molecule has 1 unspecified atom stereocenters. The van der Waals surface area contributed by atoms with Crippen molar-refractivity contribution in [2.24, 2.45) is 0 Å². The normalized spacial score (nSPS) is 10.5. The molecule has 0 heterocycles. The summed E-state index contributed by atoms with van der Waals surface area (Å²) in [5.41, 5.74) is 13.6. The van der Waals surface area contributed by atoms with Crippen LogP contribution in [0.4, 0.5) is 17.1 Å².